The second-order valence-electron chi connectivity index (χ2n) is 5.69. The second kappa shape index (κ2) is 6.60. The number of nitrogens with one attached hydrogen (secondary N) is 1. The third-order valence-electron chi connectivity index (χ3n) is 3.89. The maximum atomic E-state index is 12.4. The summed E-state index contributed by atoms with van der Waals surface area (Å²) in [7, 11) is 0. The number of nitro groups is 1. The smallest absolute Gasteiger partial charge is 0.291 e. The number of aryl methyl sites for hydroxylation is 2. The van der Waals surface area contributed by atoms with Crippen molar-refractivity contribution in [3.63, 3.8) is 0 Å². The van der Waals surface area contributed by atoms with Gasteiger partial charge in [0, 0.05) is 23.4 Å². The van der Waals surface area contributed by atoms with Crippen molar-refractivity contribution in [2.45, 2.75) is 13.8 Å². The van der Waals surface area contributed by atoms with E-state index >= 15 is 0 Å². The van der Waals surface area contributed by atoms with E-state index in [0.717, 1.165) is 16.8 Å². The quantitative estimate of drug-likeness (QED) is 0.551. The number of para-hydroxylation sites is 1. The van der Waals surface area contributed by atoms with E-state index in [2.05, 4.69) is 5.32 Å². The van der Waals surface area contributed by atoms with Crippen molar-refractivity contribution in [3.05, 3.63) is 81.6 Å². The van der Waals surface area contributed by atoms with E-state index in [1.807, 2.05) is 32.0 Å². The number of nitro benzene ring substituents is 1. The van der Waals surface area contributed by atoms with Crippen LogP contribution in [0.4, 0.5) is 11.4 Å². The fourth-order valence-corrected chi connectivity index (χ4v) is 2.57. The number of benzene rings is 2. The zero-order chi connectivity index (χ0) is 18.0. The highest BCUT2D eigenvalue weighted by Gasteiger charge is 2.15. The monoisotopic (exact) mass is 336 g/mol. The maximum absolute atomic E-state index is 12.4. The van der Waals surface area contributed by atoms with Gasteiger partial charge < -0.3 is 9.73 Å². The van der Waals surface area contributed by atoms with Gasteiger partial charge in [-0.05, 0) is 37.1 Å². The molecule has 1 amide bonds. The molecule has 1 N–H and O–H groups in total. The summed E-state index contributed by atoms with van der Waals surface area (Å²) in [4.78, 5) is 22.8. The number of carbonyl (C=O) groups excluding carboxylic acids is 1. The topological polar surface area (TPSA) is 85.4 Å². The Morgan fingerprint density at radius 3 is 2.40 bits per heavy atom. The van der Waals surface area contributed by atoms with Crippen molar-refractivity contribution in [2.24, 2.45) is 0 Å². The molecule has 0 spiro atoms. The first kappa shape index (κ1) is 16.4. The molecule has 0 fully saturated rings. The molecule has 6 nitrogen and oxygen atoms in total. The number of hydrogen-bond acceptors (Lipinski definition) is 4. The van der Waals surface area contributed by atoms with Gasteiger partial charge in [-0.15, -0.1) is 0 Å². The van der Waals surface area contributed by atoms with Gasteiger partial charge in [0.2, 0.25) is 0 Å². The zero-order valence-electron chi connectivity index (χ0n) is 13.8. The molecule has 2 aromatic carbocycles. The number of non-ortho nitro benzene ring substituents is 1. The summed E-state index contributed by atoms with van der Waals surface area (Å²) in [6.07, 6.45) is 0. The average molecular weight is 336 g/mol. The van der Waals surface area contributed by atoms with Gasteiger partial charge in [-0.3, -0.25) is 14.9 Å². The van der Waals surface area contributed by atoms with Crippen LogP contribution in [0.2, 0.25) is 0 Å². The van der Waals surface area contributed by atoms with Crippen LogP contribution in [-0.2, 0) is 0 Å². The van der Waals surface area contributed by atoms with Crippen molar-refractivity contribution in [3.8, 4) is 11.3 Å². The molecule has 0 aliphatic carbocycles. The second-order valence-corrected chi connectivity index (χ2v) is 5.69. The number of anilines is 1. The summed E-state index contributed by atoms with van der Waals surface area (Å²) in [6, 6.07) is 15.0. The van der Waals surface area contributed by atoms with Crippen LogP contribution in [0.3, 0.4) is 0 Å². The summed E-state index contributed by atoms with van der Waals surface area (Å²) < 4.78 is 5.58. The number of hydrogen-bond donors (Lipinski definition) is 1. The highest BCUT2D eigenvalue weighted by molar-refractivity contribution is 6.03. The molecule has 0 aliphatic heterocycles. The Kier molecular flexibility index (Phi) is 4.35. The molecule has 0 atom stereocenters. The van der Waals surface area contributed by atoms with Gasteiger partial charge in [0.1, 0.15) is 5.76 Å². The Hall–Kier alpha value is -3.41. The van der Waals surface area contributed by atoms with E-state index < -0.39 is 4.92 Å². The standard InChI is InChI=1S/C19H16N2O4/c1-12-5-3-6-13(2)18(12)20-19(22)17-10-9-16(25-17)14-7-4-8-15(11-14)21(23)24/h3-11H,1-2H3,(H,20,22). The van der Waals surface area contributed by atoms with Crippen molar-refractivity contribution in [2.75, 3.05) is 5.32 Å². The van der Waals surface area contributed by atoms with Crippen LogP contribution in [0.25, 0.3) is 11.3 Å². The molecule has 126 valence electrons. The van der Waals surface area contributed by atoms with Crippen LogP contribution in [0.1, 0.15) is 21.7 Å². The van der Waals surface area contributed by atoms with Crippen LogP contribution in [-0.4, -0.2) is 10.8 Å². The highest BCUT2D eigenvalue weighted by Crippen LogP contribution is 2.27. The molecular weight excluding hydrogens is 320 g/mol. The van der Waals surface area contributed by atoms with E-state index in [4.69, 9.17) is 4.42 Å². The van der Waals surface area contributed by atoms with Gasteiger partial charge >= 0.3 is 0 Å². The lowest BCUT2D eigenvalue weighted by atomic mass is 10.1. The number of carbonyl (C=O) groups is 1. The summed E-state index contributed by atoms with van der Waals surface area (Å²) in [6.45, 7) is 3.83. The van der Waals surface area contributed by atoms with Crippen molar-refractivity contribution in [1.82, 2.24) is 0 Å². The molecule has 1 heterocycles. The summed E-state index contributed by atoms with van der Waals surface area (Å²) in [5.41, 5.74) is 3.18. The van der Waals surface area contributed by atoms with E-state index in [-0.39, 0.29) is 17.4 Å². The largest absolute Gasteiger partial charge is 0.451 e. The van der Waals surface area contributed by atoms with Gasteiger partial charge in [0.25, 0.3) is 11.6 Å². The Bertz CT molecular complexity index is 939. The van der Waals surface area contributed by atoms with Crippen LogP contribution < -0.4 is 5.32 Å². The first-order chi connectivity index (χ1) is 12.0. The lowest BCUT2D eigenvalue weighted by Crippen LogP contribution is -2.12. The van der Waals surface area contributed by atoms with E-state index in [1.165, 1.54) is 12.1 Å². The van der Waals surface area contributed by atoms with Crippen LogP contribution in [0, 0.1) is 24.0 Å². The molecule has 3 aromatic rings. The molecule has 0 saturated carbocycles. The third kappa shape index (κ3) is 3.42. The van der Waals surface area contributed by atoms with Gasteiger partial charge in [0.15, 0.2) is 5.76 Å². The molecular formula is C19H16N2O4. The van der Waals surface area contributed by atoms with Gasteiger partial charge in [-0.1, -0.05) is 30.3 Å². The zero-order valence-corrected chi connectivity index (χ0v) is 13.8. The molecule has 0 radical (unpaired) electrons. The lowest BCUT2D eigenvalue weighted by molar-refractivity contribution is -0.384. The number of amides is 1. The third-order valence-corrected chi connectivity index (χ3v) is 3.89. The Morgan fingerprint density at radius 1 is 1.04 bits per heavy atom. The van der Waals surface area contributed by atoms with Gasteiger partial charge in [-0.25, -0.2) is 0 Å². The molecule has 3 rings (SSSR count). The lowest BCUT2D eigenvalue weighted by Gasteiger charge is -2.10. The molecule has 0 bridgehead atoms. The fraction of sp³-hybridized carbons (Fsp3) is 0.105. The minimum absolute atomic E-state index is 0.0320. The SMILES string of the molecule is Cc1cccc(C)c1NC(=O)c1ccc(-c2cccc([N+](=O)[O-])c2)o1. The first-order valence-corrected chi connectivity index (χ1v) is 7.68. The molecule has 25 heavy (non-hydrogen) atoms. The molecule has 0 aliphatic rings. The summed E-state index contributed by atoms with van der Waals surface area (Å²) >= 11 is 0. The molecule has 0 saturated heterocycles. The van der Waals surface area contributed by atoms with Crippen LogP contribution in [0.15, 0.2) is 59.0 Å². The van der Waals surface area contributed by atoms with Crippen molar-refractivity contribution in [1.29, 1.82) is 0 Å². The predicted molar refractivity (Wildman–Crippen MR) is 94.7 cm³/mol. The predicted octanol–water partition coefficient (Wildman–Crippen LogP) is 4.72. The molecule has 0 unspecified atom stereocenters. The number of rotatable bonds is 4. The number of nitrogens with zero attached hydrogens (tertiary/aromatic N) is 1. The maximum Gasteiger partial charge on any atom is 0.291 e. The molecule has 6 heteroatoms. The molecule has 1 aromatic heterocycles. The highest BCUT2D eigenvalue weighted by atomic mass is 16.6. The van der Waals surface area contributed by atoms with Crippen LogP contribution >= 0.6 is 0 Å². The van der Waals surface area contributed by atoms with Gasteiger partial charge in [0.05, 0.1) is 4.92 Å². The fourth-order valence-electron chi connectivity index (χ4n) is 2.57. The average Bonchev–Trinajstić information content (AvgIpc) is 3.08. The Morgan fingerprint density at radius 2 is 1.72 bits per heavy atom. The van der Waals surface area contributed by atoms with E-state index in [9.17, 15) is 14.9 Å². The summed E-state index contributed by atoms with van der Waals surface area (Å²) in [5.74, 6) is 0.175. The summed E-state index contributed by atoms with van der Waals surface area (Å²) in [5, 5.41) is 13.7. The number of furan rings is 1. The van der Waals surface area contributed by atoms with E-state index in [1.54, 1.807) is 24.3 Å². The van der Waals surface area contributed by atoms with Crippen LogP contribution in [0.5, 0.6) is 0 Å². The minimum atomic E-state index is -0.471. The normalized spacial score (nSPS) is 10.5. The van der Waals surface area contributed by atoms with Crippen molar-refractivity contribution >= 4 is 17.3 Å². The van der Waals surface area contributed by atoms with Gasteiger partial charge in [-0.2, -0.15) is 0 Å². The van der Waals surface area contributed by atoms with E-state index in [0.29, 0.717) is 11.3 Å². The first-order valence-electron chi connectivity index (χ1n) is 7.68. The van der Waals surface area contributed by atoms with Crippen molar-refractivity contribution < 1.29 is 14.1 Å². The Labute approximate surface area is 144 Å². The Balaban J connectivity index is 1.85. The minimum Gasteiger partial charge on any atom is -0.451 e.